The SMILES string of the molecule is COc1cc(OC)c2c(c1Cl)O[C@@]1(C(=O)C=C(Nc3cc(N(O)O)ccc3[O-])C[C@H]1C)C2=O. The van der Waals surface area contributed by atoms with Gasteiger partial charge in [0.05, 0.1) is 19.9 Å². The van der Waals surface area contributed by atoms with Crippen LogP contribution in [0.1, 0.15) is 23.7 Å². The summed E-state index contributed by atoms with van der Waals surface area (Å²) in [7, 11) is 2.78. The molecule has 1 heterocycles. The third-order valence-corrected chi connectivity index (χ3v) is 6.16. The second kappa shape index (κ2) is 8.14. The zero-order valence-electron chi connectivity index (χ0n) is 17.8. The molecule has 1 spiro atoms. The van der Waals surface area contributed by atoms with Crippen molar-refractivity contribution in [3.8, 4) is 23.0 Å². The number of hydrogen-bond donors (Lipinski definition) is 3. The molecule has 0 unspecified atom stereocenters. The number of allylic oxidation sites excluding steroid dienone is 1. The van der Waals surface area contributed by atoms with Crippen molar-refractivity contribution in [2.45, 2.75) is 18.9 Å². The fourth-order valence-electron chi connectivity index (χ4n) is 4.13. The van der Waals surface area contributed by atoms with Crippen molar-refractivity contribution in [1.29, 1.82) is 0 Å². The molecule has 1 aliphatic carbocycles. The largest absolute Gasteiger partial charge is 0.871 e. The summed E-state index contributed by atoms with van der Waals surface area (Å²) < 4.78 is 16.5. The Kier molecular flexibility index (Phi) is 5.61. The van der Waals surface area contributed by atoms with Crippen LogP contribution in [0.2, 0.25) is 5.02 Å². The van der Waals surface area contributed by atoms with Gasteiger partial charge < -0.3 is 24.6 Å². The summed E-state index contributed by atoms with van der Waals surface area (Å²) in [5.41, 5.74) is -1.44. The van der Waals surface area contributed by atoms with Gasteiger partial charge >= 0.3 is 0 Å². The molecule has 0 amide bonds. The zero-order chi connectivity index (χ0) is 24.1. The highest BCUT2D eigenvalue weighted by Gasteiger charge is 2.60. The molecule has 2 aromatic carbocycles. The molecule has 0 saturated heterocycles. The van der Waals surface area contributed by atoms with Gasteiger partial charge in [-0.1, -0.05) is 30.3 Å². The number of halogens is 1. The second-order valence-electron chi connectivity index (χ2n) is 7.70. The molecule has 33 heavy (non-hydrogen) atoms. The summed E-state index contributed by atoms with van der Waals surface area (Å²) in [6.45, 7) is 1.67. The van der Waals surface area contributed by atoms with Crippen LogP contribution in [0.3, 0.4) is 0 Å². The summed E-state index contributed by atoms with van der Waals surface area (Å²) in [5, 5.41) is 33.3. The van der Waals surface area contributed by atoms with Crippen LogP contribution >= 0.6 is 11.6 Å². The number of methoxy groups -OCH3 is 2. The maximum absolute atomic E-state index is 13.5. The van der Waals surface area contributed by atoms with E-state index in [-0.39, 0.29) is 50.9 Å². The summed E-state index contributed by atoms with van der Waals surface area (Å²) in [6.07, 6.45) is 1.37. The van der Waals surface area contributed by atoms with E-state index in [0.29, 0.717) is 5.70 Å². The quantitative estimate of drug-likeness (QED) is 0.436. The highest BCUT2D eigenvalue weighted by Crippen LogP contribution is 2.53. The lowest BCUT2D eigenvalue weighted by atomic mass is 9.74. The minimum absolute atomic E-state index is 0.0170. The number of carbonyl (C=O) groups is 2. The van der Waals surface area contributed by atoms with Crippen LogP contribution in [0.15, 0.2) is 36.0 Å². The van der Waals surface area contributed by atoms with Crippen LogP contribution in [0, 0.1) is 5.92 Å². The monoisotopic (exact) mass is 475 g/mol. The van der Waals surface area contributed by atoms with Crippen LogP contribution in [0.5, 0.6) is 23.0 Å². The zero-order valence-corrected chi connectivity index (χ0v) is 18.6. The normalized spacial score (nSPS) is 21.4. The molecule has 0 bridgehead atoms. The number of anilines is 2. The van der Waals surface area contributed by atoms with Gasteiger partial charge in [0.25, 0.3) is 0 Å². The van der Waals surface area contributed by atoms with Crippen molar-refractivity contribution in [2.75, 3.05) is 24.8 Å². The summed E-state index contributed by atoms with van der Waals surface area (Å²) >= 11 is 6.36. The van der Waals surface area contributed by atoms with E-state index in [1.165, 1.54) is 38.5 Å². The van der Waals surface area contributed by atoms with E-state index in [0.717, 1.165) is 6.07 Å². The molecule has 0 fully saturated rings. The molecule has 0 aromatic heterocycles. The number of ketones is 2. The molecule has 11 heteroatoms. The number of benzene rings is 2. The molecule has 10 nitrogen and oxygen atoms in total. The lowest BCUT2D eigenvalue weighted by Gasteiger charge is -2.35. The highest BCUT2D eigenvalue weighted by molar-refractivity contribution is 6.36. The van der Waals surface area contributed by atoms with Crippen molar-refractivity contribution >= 4 is 34.5 Å². The van der Waals surface area contributed by atoms with Gasteiger partial charge in [0, 0.05) is 29.4 Å². The van der Waals surface area contributed by atoms with E-state index in [9.17, 15) is 25.1 Å². The molecule has 2 aromatic rings. The lowest BCUT2D eigenvalue weighted by molar-refractivity contribution is -0.267. The van der Waals surface area contributed by atoms with Gasteiger partial charge in [-0.2, -0.15) is 0 Å². The van der Waals surface area contributed by atoms with Crippen molar-refractivity contribution in [3.05, 3.63) is 46.6 Å². The Labute approximate surface area is 193 Å². The molecule has 174 valence electrons. The Balaban J connectivity index is 1.71. The van der Waals surface area contributed by atoms with Gasteiger partial charge in [-0.25, -0.2) is 0 Å². The maximum Gasteiger partial charge on any atom is 0.236 e. The minimum atomic E-state index is -1.84. The van der Waals surface area contributed by atoms with Crippen LogP contribution in [0.25, 0.3) is 0 Å². The first-order valence-electron chi connectivity index (χ1n) is 9.83. The van der Waals surface area contributed by atoms with Gasteiger partial charge in [0.2, 0.25) is 17.2 Å². The van der Waals surface area contributed by atoms with E-state index in [4.69, 9.17) is 25.8 Å². The number of Topliss-reactive ketones (excluding diaryl/α,β-unsaturated/α-hetero) is 1. The Morgan fingerprint density at radius 1 is 1.21 bits per heavy atom. The van der Waals surface area contributed by atoms with Crippen LogP contribution in [-0.2, 0) is 4.79 Å². The number of hydrogen-bond acceptors (Lipinski definition) is 10. The Morgan fingerprint density at radius 2 is 1.91 bits per heavy atom. The van der Waals surface area contributed by atoms with Gasteiger partial charge in [-0.05, 0) is 18.6 Å². The van der Waals surface area contributed by atoms with Crippen molar-refractivity contribution < 1.29 is 39.3 Å². The van der Waals surface area contributed by atoms with E-state index in [1.807, 2.05) is 0 Å². The first-order chi connectivity index (χ1) is 15.6. The van der Waals surface area contributed by atoms with E-state index in [1.54, 1.807) is 6.92 Å². The van der Waals surface area contributed by atoms with Crippen molar-refractivity contribution in [3.63, 3.8) is 0 Å². The van der Waals surface area contributed by atoms with Crippen LogP contribution in [0.4, 0.5) is 11.4 Å². The predicted molar refractivity (Wildman–Crippen MR) is 115 cm³/mol. The maximum atomic E-state index is 13.5. The fourth-order valence-corrected chi connectivity index (χ4v) is 4.39. The third-order valence-electron chi connectivity index (χ3n) is 5.80. The predicted octanol–water partition coefficient (Wildman–Crippen LogP) is 2.93. The topological polar surface area (TPSA) is 141 Å². The smallest absolute Gasteiger partial charge is 0.236 e. The van der Waals surface area contributed by atoms with Gasteiger partial charge in [0.15, 0.2) is 5.75 Å². The van der Waals surface area contributed by atoms with Crippen molar-refractivity contribution in [2.24, 2.45) is 5.92 Å². The number of nitrogens with zero attached hydrogens (tertiary/aromatic N) is 1. The number of ether oxygens (including phenoxy) is 3. The molecule has 0 saturated carbocycles. The second-order valence-corrected chi connectivity index (χ2v) is 8.08. The molecular formula is C22H20ClN2O8-. The molecule has 0 radical (unpaired) electrons. The highest BCUT2D eigenvalue weighted by atomic mass is 35.5. The molecule has 2 atom stereocenters. The van der Waals surface area contributed by atoms with Crippen LogP contribution in [-0.4, -0.2) is 41.8 Å². The van der Waals surface area contributed by atoms with E-state index in [2.05, 4.69) is 5.32 Å². The average Bonchev–Trinajstić information content (AvgIpc) is 3.09. The molecule has 4 rings (SSSR count). The molecular weight excluding hydrogens is 456 g/mol. The Bertz CT molecular complexity index is 1200. The summed E-state index contributed by atoms with van der Waals surface area (Å²) in [5.74, 6) is -1.85. The Morgan fingerprint density at radius 3 is 2.52 bits per heavy atom. The summed E-state index contributed by atoms with van der Waals surface area (Å²) in [4.78, 5) is 26.8. The van der Waals surface area contributed by atoms with E-state index >= 15 is 0 Å². The van der Waals surface area contributed by atoms with E-state index < -0.39 is 28.8 Å². The number of fused-ring (bicyclic) bond motifs is 1. The first-order valence-corrected chi connectivity index (χ1v) is 10.2. The Hall–Kier alpha value is -3.47. The lowest BCUT2D eigenvalue weighted by Crippen LogP contribution is -2.55. The van der Waals surface area contributed by atoms with Crippen LogP contribution < -0.4 is 29.9 Å². The molecule has 1 aliphatic heterocycles. The molecule has 3 N–H and O–H groups in total. The minimum Gasteiger partial charge on any atom is -0.871 e. The van der Waals surface area contributed by atoms with Gasteiger partial charge in [-0.15, -0.1) is 5.23 Å². The fraction of sp³-hybridized carbons (Fsp3) is 0.273. The summed E-state index contributed by atoms with van der Waals surface area (Å²) in [6, 6.07) is 5.04. The first kappa shape index (κ1) is 22.7. The van der Waals surface area contributed by atoms with Crippen molar-refractivity contribution in [1.82, 2.24) is 0 Å². The molecule has 2 aliphatic rings. The number of nitrogens with one attached hydrogen (secondary N) is 1. The van der Waals surface area contributed by atoms with Gasteiger partial charge in [-0.3, -0.25) is 20.0 Å². The number of carbonyl (C=O) groups excluding carboxylic acids is 2. The standard InChI is InChI=1S/C22H21ClN2O8/c1-10-6-11(24-13-8-12(25(29)30)4-5-14(13)26)7-17(27)22(10)21(28)18-15(31-2)9-16(32-3)19(23)20(18)33-22/h4-5,7-10,24,26,29-30H,6H2,1-3H3/p-1/t10-,22+/m1/s1. The third kappa shape index (κ3) is 3.43. The average molecular weight is 476 g/mol. The number of rotatable bonds is 5. The van der Waals surface area contributed by atoms with Gasteiger partial charge in [0.1, 0.15) is 22.1 Å².